The van der Waals surface area contributed by atoms with Crippen molar-refractivity contribution >= 4 is 17.8 Å². The van der Waals surface area contributed by atoms with Crippen LogP contribution in [0.15, 0.2) is 48.6 Å². The zero-order valence-corrected chi connectivity index (χ0v) is 30.1. The van der Waals surface area contributed by atoms with Gasteiger partial charge in [0.25, 0.3) is 0 Å². The zero-order chi connectivity index (χ0) is 34.6. The number of allylic oxidation sites excluding steroid dienone is 7. The minimum Gasteiger partial charge on any atom is -0.480 e. The number of aliphatic carboxylic acids is 1. The van der Waals surface area contributed by atoms with E-state index in [1.807, 2.05) is 6.08 Å². The van der Waals surface area contributed by atoms with Gasteiger partial charge in [-0.2, -0.15) is 0 Å². The van der Waals surface area contributed by atoms with Crippen LogP contribution in [0.3, 0.4) is 0 Å². The van der Waals surface area contributed by atoms with Crippen molar-refractivity contribution in [1.82, 2.24) is 5.32 Å². The summed E-state index contributed by atoms with van der Waals surface area (Å²) in [6.45, 7) is 4.79. The molecule has 0 aliphatic heterocycles. The Morgan fingerprint density at radius 1 is 0.638 bits per heavy atom. The van der Waals surface area contributed by atoms with E-state index in [0.717, 1.165) is 77.0 Å². The average Bonchev–Trinajstić information content (AvgIpc) is 3.05. The van der Waals surface area contributed by atoms with Crippen molar-refractivity contribution in [2.45, 2.75) is 180 Å². The number of hydrogen-bond acceptors (Lipinski definition) is 5. The summed E-state index contributed by atoms with van der Waals surface area (Å²) < 4.78 is 5.89. The predicted molar refractivity (Wildman–Crippen MR) is 197 cm³/mol. The third-order valence-corrected chi connectivity index (χ3v) is 8.14. The van der Waals surface area contributed by atoms with Gasteiger partial charge in [0.1, 0.15) is 12.1 Å². The topological polar surface area (TPSA) is 119 Å². The van der Waals surface area contributed by atoms with Crippen molar-refractivity contribution < 1.29 is 24.2 Å². The van der Waals surface area contributed by atoms with Crippen molar-refractivity contribution in [2.24, 2.45) is 5.73 Å². The molecule has 0 spiro atoms. The Bertz CT molecular complexity index is 880. The third kappa shape index (κ3) is 31.7. The second-order valence-corrected chi connectivity index (χ2v) is 12.6. The summed E-state index contributed by atoms with van der Waals surface area (Å²) in [6.07, 6.45) is 40.2. The highest BCUT2D eigenvalue weighted by Gasteiger charge is 2.18. The van der Waals surface area contributed by atoms with Gasteiger partial charge in [0.2, 0.25) is 5.91 Å². The van der Waals surface area contributed by atoms with Gasteiger partial charge < -0.3 is 20.9 Å². The van der Waals surface area contributed by atoms with Crippen LogP contribution in [0.25, 0.3) is 0 Å². The van der Waals surface area contributed by atoms with Crippen molar-refractivity contribution in [1.29, 1.82) is 0 Å². The Morgan fingerprint density at radius 2 is 1.15 bits per heavy atom. The lowest BCUT2D eigenvalue weighted by Gasteiger charge is -2.15. The fraction of sp³-hybridized carbons (Fsp3) is 0.725. The molecule has 270 valence electrons. The van der Waals surface area contributed by atoms with Crippen LogP contribution in [-0.4, -0.2) is 41.6 Å². The Hall–Kier alpha value is -2.67. The molecule has 0 aromatic carbocycles. The van der Waals surface area contributed by atoms with E-state index in [-0.39, 0.29) is 18.0 Å². The molecule has 0 radical (unpaired) electrons. The number of nitrogens with two attached hydrogens (primary N) is 1. The summed E-state index contributed by atoms with van der Waals surface area (Å²) in [5, 5.41) is 11.9. The molecule has 0 aliphatic rings. The lowest BCUT2D eigenvalue weighted by molar-refractivity contribution is -0.147. The normalized spacial score (nSPS) is 13.3. The maximum atomic E-state index is 12.6. The average molecular weight is 659 g/mol. The van der Waals surface area contributed by atoms with Gasteiger partial charge in [0, 0.05) is 12.8 Å². The van der Waals surface area contributed by atoms with Gasteiger partial charge in [-0.15, -0.1) is 0 Å². The highest BCUT2D eigenvalue weighted by Crippen LogP contribution is 2.15. The van der Waals surface area contributed by atoms with Crippen LogP contribution in [0.1, 0.15) is 168 Å². The van der Waals surface area contributed by atoms with Crippen molar-refractivity contribution in [3.05, 3.63) is 48.6 Å². The molecular formula is C40H70N2O5. The number of carbonyl (C=O) groups is 3. The molecule has 0 bridgehead atoms. The van der Waals surface area contributed by atoms with E-state index in [9.17, 15) is 19.5 Å². The summed E-state index contributed by atoms with van der Waals surface area (Å²) in [4.78, 5) is 36.1. The molecule has 0 fully saturated rings. The maximum absolute atomic E-state index is 12.6. The summed E-state index contributed by atoms with van der Waals surface area (Å²) in [6, 6.07) is -0.867. The molecule has 0 saturated carbocycles. The van der Waals surface area contributed by atoms with E-state index >= 15 is 0 Å². The zero-order valence-electron chi connectivity index (χ0n) is 30.1. The van der Waals surface area contributed by atoms with Gasteiger partial charge in [0.05, 0.1) is 0 Å². The highest BCUT2D eigenvalue weighted by atomic mass is 16.5. The van der Waals surface area contributed by atoms with Gasteiger partial charge >= 0.3 is 11.9 Å². The number of carboxylic acid groups (broad SMARTS) is 1. The van der Waals surface area contributed by atoms with Crippen LogP contribution in [0.2, 0.25) is 0 Å². The maximum Gasteiger partial charge on any atom is 0.326 e. The molecule has 0 heterocycles. The fourth-order valence-corrected chi connectivity index (χ4v) is 5.30. The molecule has 7 heteroatoms. The van der Waals surface area contributed by atoms with Crippen LogP contribution in [-0.2, 0) is 19.1 Å². The quantitative estimate of drug-likeness (QED) is 0.0367. The molecular weight excluding hydrogens is 588 g/mol. The van der Waals surface area contributed by atoms with E-state index in [1.165, 1.54) is 51.4 Å². The number of nitrogens with one attached hydrogen (secondary N) is 1. The lowest BCUT2D eigenvalue weighted by atomic mass is 10.1. The number of unbranched alkanes of at least 4 members (excludes halogenated alkanes) is 13. The van der Waals surface area contributed by atoms with E-state index in [0.29, 0.717) is 32.2 Å². The summed E-state index contributed by atoms with van der Waals surface area (Å²) in [7, 11) is 0. The molecule has 4 N–H and O–H groups in total. The standard InChI is InChI=1S/C40H70N2O5/c1-3-5-7-9-11-13-15-16-18-21-25-30-36(47-39(44)34-28-24-19-17-14-12-10-8-6-4-2)31-26-22-20-23-27-33-38(43)42-37(40(45)46)32-29-35-41/h5,7,11,13,16,18,25,30,36-37H,3-4,6,8-10,12,14-15,17,19-24,26-29,31-35,41H2,1-2H3,(H,42,43)(H,45,46)/b7-5-,13-11-,18-16-,30-25-. The first kappa shape index (κ1) is 44.3. The largest absolute Gasteiger partial charge is 0.480 e. The fourth-order valence-electron chi connectivity index (χ4n) is 5.30. The van der Waals surface area contributed by atoms with Gasteiger partial charge in [-0.3, -0.25) is 9.59 Å². The number of rotatable bonds is 33. The van der Waals surface area contributed by atoms with Gasteiger partial charge in [0.15, 0.2) is 0 Å². The molecule has 2 unspecified atom stereocenters. The lowest BCUT2D eigenvalue weighted by Crippen LogP contribution is -2.40. The van der Waals surface area contributed by atoms with Crippen LogP contribution in [0.5, 0.6) is 0 Å². The van der Waals surface area contributed by atoms with Gasteiger partial charge in [-0.1, -0.05) is 133 Å². The Balaban J connectivity index is 4.49. The monoisotopic (exact) mass is 659 g/mol. The minimum absolute atomic E-state index is 0.103. The van der Waals surface area contributed by atoms with Crippen LogP contribution >= 0.6 is 0 Å². The summed E-state index contributed by atoms with van der Waals surface area (Å²) >= 11 is 0. The first-order valence-electron chi connectivity index (χ1n) is 19.0. The van der Waals surface area contributed by atoms with Crippen LogP contribution in [0.4, 0.5) is 0 Å². The Kier molecular flexibility index (Phi) is 32.7. The van der Waals surface area contributed by atoms with Crippen molar-refractivity contribution in [3.8, 4) is 0 Å². The van der Waals surface area contributed by atoms with Crippen molar-refractivity contribution in [2.75, 3.05) is 6.54 Å². The Morgan fingerprint density at radius 3 is 1.70 bits per heavy atom. The summed E-state index contributed by atoms with van der Waals surface area (Å²) in [5.41, 5.74) is 5.46. The molecule has 0 rings (SSSR count). The molecule has 0 aromatic rings. The van der Waals surface area contributed by atoms with Gasteiger partial charge in [-0.05, 0) is 76.8 Å². The highest BCUT2D eigenvalue weighted by molar-refractivity contribution is 5.83. The molecule has 1 amide bonds. The van der Waals surface area contributed by atoms with Crippen LogP contribution in [0, 0.1) is 0 Å². The number of carbonyl (C=O) groups excluding carboxylic acids is 2. The van der Waals surface area contributed by atoms with Crippen molar-refractivity contribution in [3.63, 3.8) is 0 Å². The number of esters is 1. The van der Waals surface area contributed by atoms with E-state index in [2.05, 4.69) is 61.7 Å². The molecule has 0 saturated heterocycles. The SMILES string of the molecule is CC/C=C\C/C=C\C/C=C\C/C=C\C(CCCCCCCC(=O)NC(CCCN)C(=O)O)OC(=O)CCCCCCCCCCCC. The minimum atomic E-state index is -1.01. The first-order chi connectivity index (χ1) is 22.9. The summed E-state index contributed by atoms with van der Waals surface area (Å²) in [5.74, 6) is -1.34. The number of hydrogen-bond donors (Lipinski definition) is 3. The van der Waals surface area contributed by atoms with E-state index < -0.39 is 12.0 Å². The van der Waals surface area contributed by atoms with E-state index in [1.54, 1.807) is 0 Å². The number of amides is 1. The van der Waals surface area contributed by atoms with Crippen LogP contribution < -0.4 is 11.1 Å². The first-order valence-corrected chi connectivity index (χ1v) is 19.0. The molecule has 2 atom stereocenters. The predicted octanol–water partition coefficient (Wildman–Crippen LogP) is 10.1. The molecule has 0 aromatic heterocycles. The number of ether oxygens (including phenoxy) is 1. The molecule has 47 heavy (non-hydrogen) atoms. The van der Waals surface area contributed by atoms with Gasteiger partial charge in [-0.25, -0.2) is 4.79 Å². The number of carboxylic acids is 1. The smallest absolute Gasteiger partial charge is 0.326 e. The molecule has 7 nitrogen and oxygen atoms in total. The second kappa shape index (κ2) is 34.7. The second-order valence-electron chi connectivity index (χ2n) is 12.6. The van der Waals surface area contributed by atoms with E-state index in [4.69, 9.17) is 10.5 Å². The third-order valence-electron chi connectivity index (χ3n) is 8.14. The Labute approximate surface area is 287 Å². The molecule has 0 aliphatic carbocycles.